The number of hydrogen-bond donors (Lipinski definition) is 2. The summed E-state index contributed by atoms with van der Waals surface area (Å²) in [5.74, 6) is 0. The van der Waals surface area contributed by atoms with Crippen molar-refractivity contribution >= 4 is 6.03 Å². The molecular formula is C20H25N3O2. The number of aryl methyl sites for hydroxylation is 1. The van der Waals surface area contributed by atoms with Crippen molar-refractivity contribution in [2.75, 3.05) is 6.61 Å². The molecule has 0 radical (unpaired) electrons. The van der Waals surface area contributed by atoms with Crippen molar-refractivity contribution in [3.8, 4) is 0 Å². The molecule has 5 heteroatoms. The van der Waals surface area contributed by atoms with Gasteiger partial charge in [0.2, 0.25) is 0 Å². The fraction of sp³-hybridized carbons (Fsp3) is 0.400. The van der Waals surface area contributed by atoms with Gasteiger partial charge in [0.25, 0.3) is 0 Å². The number of benzene rings is 1. The number of aromatic nitrogens is 1. The van der Waals surface area contributed by atoms with Gasteiger partial charge in [-0.05, 0) is 49.9 Å². The highest BCUT2D eigenvalue weighted by Gasteiger charge is 2.29. The smallest absolute Gasteiger partial charge is 0.315 e. The number of ether oxygens (including phenoxy) is 1. The third-order valence-corrected chi connectivity index (χ3v) is 4.60. The molecule has 25 heavy (non-hydrogen) atoms. The zero-order valence-corrected chi connectivity index (χ0v) is 14.7. The molecule has 1 aliphatic rings. The molecule has 0 unspecified atom stereocenters. The number of nitrogens with one attached hydrogen (secondary N) is 2. The van der Waals surface area contributed by atoms with Crippen molar-refractivity contribution in [1.29, 1.82) is 0 Å². The van der Waals surface area contributed by atoms with Crippen molar-refractivity contribution in [3.05, 3.63) is 65.5 Å². The van der Waals surface area contributed by atoms with Gasteiger partial charge in [-0.2, -0.15) is 0 Å². The summed E-state index contributed by atoms with van der Waals surface area (Å²) < 4.78 is 5.96. The predicted molar refractivity (Wildman–Crippen MR) is 97.2 cm³/mol. The second-order valence-corrected chi connectivity index (χ2v) is 6.57. The standard InChI is InChI=1S/C20H25N3O2/c1-14-5-7-17(8-6-14)19-18(4-3-13-25-19)23-20(24)22-15(2)16-9-11-21-12-10-16/h5-12,15,18-19H,3-4,13H2,1-2H3,(H2,22,23,24)/t15-,18+,19+/m1/s1. The van der Waals surface area contributed by atoms with Gasteiger partial charge in [0.1, 0.15) is 6.10 Å². The van der Waals surface area contributed by atoms with E-state index in [1.54, 1.807) is 12.4 Å². The van der Waals surface area contributed by atoms with E-state index in [4.69, 9.17) is 4.74 Å². The Labute approximate surface area is 148 Å². The molecule has 0 spiro atoms. The minimum absolute atomic E-state index is 0.0268. The summed E-state index contributed by atoms with van der Waals surface area (Å²) in [7, 11) is 0. The zero-order chi connectivity index (χ0) is 17.6. The van der Waals surface area contributed by atoms with Gasteiger partial charge in [-0.3, -0.25) is 4.98 Å². The van der Waals surface area contributed by atoms with E-state index >= 15 is 0 Å². The summed E-state index contributed by atoms with van der Waals surface area (Å²) in [6.45, 7) is 4.75. The number of rotatable bonds is 4. The Bertz CT molecular complexity index is 688. The van der Waals surface area contributed by atoms with Crippen LogP contribution >= 0.6 is 0 Å². The molecule has 2 amide bonds. The first-order valence-corrected chi connectivity index (χ1v) is 8.78. The van der Waals surface area contributed by atoms with Crippen molar-refractivity contribution in [2.24, 2.45) is 0 Å². The van der Waals surface area contributed by atoms with Crippen LogP contribution in [0.25, 0.3) is 0 Å². The minimum Gasteiger partial charge on any atom is -0.371 e. The van der Waals surface area contributed by atoms with Crippen LogP contribution in [0.15, 0.2) is 48.8 Å². The van der Waals surface area contributed by atoms with Crippen LogP contribution in [-0.2, 0) is 4.74 Å². The Kier molecular flexibility index (Phi) is 5.66. The highest BCUT2D eigenvalue weighted by atomic mass is 16.5. The van der Waals surface area contributed by atoms with Gasteiger partial charge >= 0.3 is 6.03 Å². The number of nitrogens with zero attached hydrogens (tertiary/aromatic N) is 1. The second kappa shape index (κ2) is 8.12. The lowest BCUT2D eigenvalue weighted by atomic mass is 9.95. The van der Waals surface area contributed by atoms with Crippen molar-refractivity contribution in [3.63, 3.8) is 0 Å². The highest BCUT2D eigenvalue weighted by Crippen LogP contribution is 2.28. The summed E-state index contributed by atoms with van der Waals surface area (Å²) >= 11 is 0. The van der Waals surface area contributed by atoms with Crippen LogP contribution in [0.1, 0.15) is 48.6 Å². The topological polar surface area (TPSA) is 63.2 Å². The van der Waals surface area contributed by atoms with Crippen LogP contribution in [0.4, 0.5) is 4.79 Å². The van der Waals surface area contributed by atoms with Crippen molar-refractivity contribution in [2.45, 2.75) is 44.9 Å². The van der Waals surface area contributed by atoms with Crippen LogP contribution < -0.4 is 10.6 Å². The summed E-state index contributed by atoms with van der Waals surface area (Å²) in [5.41, 5.74) is 3.35. The molecule has 1 aromatic carbocycles. The second-order valence-electron chi connectivity index (χ2n) is 6.57. The van der Waals surface area contributed by atoms with E-state index in [1.807, 2.05) is 19.1 Å². The fourth-order valence-electron chi connectivity index (χ4n) is 3.16. The maximum Gasteiger partial charge on any atom is 0.315 e. The molecule has 0 saturated carbocycles. The summed E-state index contributed by atoms with van der Waals surface area (Å²) in [6.07, 6.45) is 5.22. The van der Waals surface area contributed by atoms with E-state index < -0.39 is 0 Å². The monoisotopic (exact) mass is 339 g/mol. The number of hydrogen-bond acceptors (Lipinski definition) is 3. The van der Waals surface area contributed by atoms with E-state index in [9.17, 15) is 4.79 Å². The number of carbonyl (C=O) groups is 1. The summed E-state index contributed by atoms with van der Waals surface area (Å²) in [6, 6.07) is 11.9. The van der Waals surface area contributed by atoms with Gasteiger partial charge in [-0.25, -0.2) is 4.79 Å². The van der Waals surface area contributed by atoms with Crippen LogP contribution in [0.5, 0.6) is 0 Å². The molecule has 2 N–H and O–H groups in total. The number of pyridine rings is 1. The molecule has 1 fully saturated rings. The van der Waals surface area contributed by atoms with Crippen LogP contribution in [0.3, 0.4) is 0 Å². The summed E-state index contributed by atoms with van der Waals surface area (Å²) in [5, 5.41) is 6.08. The van der Waals surface area contributed by atoms with Gasteiger partial charge in [-0.15, -0.1) is 0 Å². The lowest BCUT2D eigenvalue weighted by molar-refractivity contribution is -0.00749. The Balaban J connectivity index is 1.63. The summed E-state index contributed by atoms with van der Waals surface area (Å²) in [4.78, 5) is 16.4. The molecule has 1 saturated heterocycles. The van der Waals surface area contributed by atoms with Crippen molar-refractivity contribution in [1.82, 2.24) is 15.6 Å². The molecule has 0 aliphatic carbocycles. The first kappa shape index (κ1) is 17.4. The Hall–Kier alpha value is -2.40. The molecule has 1 aliphatic heterocycles. The maximum atomic E-state index is 12.4. The van der Waals surface area contributed by atoms with Gasteiger partial charge < -0.3 is 15.4 Å². The largest absolute Gasteiger partial charge is 0.371 e. The van der Waals surface area contributed by atoms with E-state index in [2.05, 4.69) is 46.8 Å². The molecule has 3 atom stereocenters. The minimum atomic E-state index is -0.170. The zero-order valence-electron chi connectivity index (χ0n) is 14.7. The first-order valence-electron chi connectivity index (χ1n) is 8.78. The van der Waals surface area contributed by atoms with Gasteiger partial charge in [0, 0.05) is 19.0 Å². The molecule has 0 bridgehead atoms. The molecule has 2 heterocycles. The van der Waals surface area contributed by atoms with E-state index in [-0.39, 0.29) is 24.2 Å². The number of urea groups is 1. The number of amides is 2. The van der Waals surface area contributed by atoms with E-state index in [0.29, 0.717) is 0 Å². The SMILES string of the molecule is Cc1ccc([C@@H]2OCCC[C@@H]2NC(=O)N[C@H](C)c2ccncc2)cc1. The Morgan fingerprint density at radius 2 is 1.92 bits per heavy atom. The average molecular weight is 339 g/mol. The molecule has 5 nitrogen and oxygen atoms in total. The maximum absolute atomic E-state index is 12.4. The molecule has 2 aromatic rings. The first-order chi connectivity index (χ1) is 12.1. The van der Waals surface area contributed by atoms with Gasteiger partial charge in [0.15, 0.2) is 0 Å². The van der Waals surface area contributed by atoms with Crippen LogP contribution in [0.2, 0.25) is 0 Å². The Morgan fingerprint density at radius 1 is 1.20 bits per heavy atom. The lowest BCUT2D eigenvalue weighted by Gasteiger charge is -2.33. The van der Waals surface area contributed by atoms with Crippen LogP contribution in [0, 0.1) is 6.92 Å². The molecule has 3 rings (SSSR count). The number of carbonyl (C=O) groups excluding carboxylic acids is 1. The lowest BCUT2D eigenvalue weighted by Crippen LogP contribution is -2.47. The average Bonchev–Trinajstić information content (AvgIpc) is 2.63. The fourth-order valence-corrected chi connectivity index (χ4v) is 3.16. The van der Waals surface area contributed by atoms with Crippen molar-refractivity contribution < 1.29 is 9.53 Å². The predicted octanol–water partition coefficient (Wildman–Crippen LogP) is 3.67. The van der Waals surface area contributed by atoms with E-state index in [0.717, 1.165) is 30.6 Å². The highest BCUT2D eigenvalue weighted by molar-refractivity contribution is 5.74. The molecule has 132 valence electrons. The van der Waals surface area contributed by atoms with E-state index in [1.165, 1.54) is 5.56 Å². The van der Waals surface area contributed by atoms with Gasteiger partial charge in [0.05, 0.1) is 12.1 Å². The third-order valence-electron chi connectivity index (χ3n) is 4.60. The Morgan fingerprint density at radius 3 is 2.64 bits per heavy atom. The quantitative estimate of drug-likeness (QED) is 0.893. The third kappa shape index (κ3) is 4.57. The molecule has 1 aromatic heterocycles. The van der Waals surface area contributed by atoms with Gasteiger partial charge in [-0.1, -0.05) is 29.8 Å². The normalized spacial score (nSPS) is 21.4. The molecular weight excluding hydrogens is 314 g/mol. The van der Waals surface area contributed by atoms with Crippen LogP contribution in [-0.4, -0.2) is 23.7 Å².